The number of imidazole rings is 1. The number of aliphatic hydroxyl groups is 2. The zero-order valence-corrected chi connectivity index (χ0v) is 13.9. The fraction of sp³-hybridized carbons (Fsp3) is 0.500. The average molecular weight is 382 g/mol. The van der Waals surface area contributed by atoms with Crippen LogP contribution in [0.5, 0.6) is 0 Å². The van der Waals surface area contributed by atoms with Crippen LogP contribution in [0.15, 0.2) is 11.1 Å². The summed E-state index contributed by atoms with van der Waals surface area (Å²) in [7, 11) is 0. The summed E-state index contributed by atoms with van der Waals surface area (Å²) in [5.74, 6) is -1.78. The van der Waals surface area contributed by atoms with E-state index in [2.05, 4.69) is 20.3 Å². The van der Waals surface area contributed by atoms with Gasteiger partial charge in [-0.15, -0.1) is 0 Å². The number of H-pyrrole nitrogens is 1. The smallest absolute Gasteiger partial charge is 0.303 e. The second-order valence-corrected chi connectivity index (χ2v) is 6.02. The molecule has 1 saturated heterocycles. The van der Waals surface area contributed by atoms with E-state index in [1.54, 1.807) is 0 Å². The Hall–Kier alpha value is -3.03. The highest BCUT2D eigenvalue weighted by Crippen LogP contribution is 2.30. The molecule has 13 nitrogen and oxygen atoms in total. The molecule has 0 bridgehead atoms. The molecule has 2 aromatic heterocycles. The molecular formula is C14H18N6O7. The average Bonchev–Trinajstić information content (AvgIpc) is 3.13. The van der Waals surface area contributed by atoms with Crippen LogP contribution in [0.3, 0.4) is 0 Å². The Bertz CT molecular complexity index is 924. The first-order valence-electron chi connectivity index (χ1n) is 8.00. The number of nitrogens with two attached hydrogens (primary N) is 1. The lowest BCUT2D eigenvalue weighted by atomic mass is 10.1. The van der Waals surface area contributed by atoms with Gasteiger partial charge in [-0.1, -0.05) is 0 Å². The maximum atomic E-state index is 11.8. The van der Waals surface area contributed by atoms with Crippen LogP contribution < -0.4 is 16.6 Å². The van der Waals surface area contributed by atoms with Crippen LogP contribution >= 0.6 is 0 Å². The normalized spacial score (nSPS) is 25.0. The molecule has 1 amide bonds. The van der Waals surface area contributed by atoms with Crippen molar-refractivity contribution < 1.29 is 29.6 Å². The highest BCUT2D eigenvalue weighted by atomic mass is 16.6. The topological polar surface area (TPSA) is 206 Å². The standard InChI is InChI=1S/C14H18N6O7/c15-14-18-11-8(12(26)19-14)17-4-20(11)13-10(25)9(24)5(27-13)3-16-6(21)1-2-7(22)23/h4-5,9-10,13,24-25H,1-3H2,(H,16,21)(H,22,23)(H3,15,18,19,26)/t5-,9-,10-,13-/m1/s1. The SMILES string of the molecule is Nc1nc2c(ncn2[C@@H]2O[C@H](CNC(=O)CCC(=O)O)[C@@H](O)[C@H]2O)c(=O)[nH]1. The van der Waals surface area contributed by atoms with Crippen LogP contribution in [0.1, 0.15) is 19.1 Å². The lowest BCUT2D eigenvalue weighted by molar-refractivity contribution is -0.138. The predicted molar refractivity (Wildman–Crippen MR) is 88.4 cm³/mol. The minimum Gasteiger partial charge on any atom is -0.481 e. The molecule has 0 saturated carbocycles. The molecule has 146 valence electrons. The third-order valence-electron chi connectivity index (χ3n) is 4.13. The first kappa shape index (κ1) is 18.8. The Kier molecular flexibility index (Phi) is 5.07. The molecule has 13 heteroatoms. The molecule has 4 atom stereocenters. The number of fused-ring (bicyclic) bond motifs is 1. The van der Waals surface area contributed by atoms with E-state index in [0.717, 1.165) is 0 Å². The van der Waals surface area contributed by atoms with Gasteiger partial charge in [-0.05, 0) is 0 Å². The Balaban J connectivity index is 1.73. The molecule has 1 fully saturated rings. The number of nitrogens with zero attached hydrogens (tertiary/aromatic N) is 3. The fourth-order valence-electron chi connectivity index (χ4n) is 2.78. The number of hydrogen-bond acceptors (Lipinski definition) is 9. The number of nitrogens with one attached hydrogen (secondary N) is 2. The number of nitrogen functional groups attached to an aromatic ring is 1. The number of anilines is 1. The number of carbonyl (C=O) groups is 2. The number of carbonyl (C=O) groups excluding carboxylic acids is 1. The van der Waals surface area contributed by atoms with Crippen molar-refractivity contribution in [2.45, 2.75) is 37.4 Å². The van der Waals surface area contributed by atoms with Crippen molar-refractivity contribution in [1.29, 1.82) is 0 Å². The number of carboxylic acid groups (broad SMARTS) is 1. The van der Waals surface area contributed by atoms with E-state index in [0.29, 0.717) is 0 Å². The van der Waals surface area contributed by atoms with Gasteiger partial charge in [-0.3, -0.25) is 23.9 Å². The van der Waals surface area contributed by atoms with Gasteiger partial charge in [0.15, 0.2) is 17.4 Å². The highest BCUT2D eigenvalue weighted by molar-refractivity contribution is 5.80. The molecule has 3 rings (SSSR count). The van der Waals surface area contributed by atoms with Crippen molar-refractivity contribution in [3.8, 4) is 0 Å². The molecule has 0 spiro atoms. The maximum absolute atomic E-state index is 11.8. The summed E-state index contributed by atoms with van der Waals surface area (Å²) in [4.78, 5) is 44.1. The van der Waals surface area contributed by atoms with E-state index in [1.807, 2.05) is 0 Å². The number of aromatic amines is 1. The van der Waals surface area contributed by atoms with Gasteiger partial charge in [-0.2, -0.15) is 4.98 Å². The molecule has 1 aliphatic rings. The first-order chi connectivity index (χ1) is 12.8. The number of aromatic nitrogens is 4. The summed E-state index contributed by atoms with van der Waals surface area (Å²) >= 11 is 0. The van der Waals surface area contributed by atoms with E-state index in [1.165, 1.54) is 10.9 Å². The van der Waals surface area contributed by atoms with Crippen molar-refractivity contribution in [3.63, 3.8) is 0 Å². The van der Waals surface area contributed by atoms with Gasteiger partial charge in [0, 0.05) is 13.0 Å². The maximum Gasteiger partial charge on any atom is 0.303 e. The van der Waals surface area contributed by atoms with Gasteiger partial charge < -0.3 is 31.1 Å². The summed E-state index contributed by atoms with van der Waals surface area (Å²) in [6.45, 7) is -0.143. The number of rotatable bonds is 6. The van der Waals surface area contributed by atoms with Crippen LogP contribution in [0.2, 0.25) is 0 Å². The molecule has 2 aromatic rings. The number of aliphatic hydroxyl groups excluding tert-OH is 2. The van der Waals surface area contributed by atoms with E-state index >= 15 is 0 Å². The Morgan fingerprint density at radius 2 is 2.07 bits per heavy atom. The number of ether oxygens (including phenoxy) is 1. The molecule has 1 aliphatic heterocycles. The minimum atomic E-state index is -1.38. The van der Waals surface area contributed by atoms with Crippen LogP contribution in [-0.2, 0) is 14.3 Å². The predicted octanol–water partition coefficient (Wildman–Crippen LogP) is -2.70. The largest absolute Gasteiger partial charge is 0.481 e. The number of amides is 1. The minimum absolute atomic E-state index is 0.0140. The summed E-state index contributed by atoms with van der Waals surface area (Å²) in [6.07, 6.45) is -4.12. The molecule has 0 radical (unpaired) electrons. The first-order valence-corrected chi connectivity index (χ1v) is 8.00. The second kappa shape index (κ2) is 7.30. The zero-order valence-electron chi connectivity index (χ0n) is 13.9. The van der Waals surface area contributed by atoms with Gasteiger partial charge >= 0.3 is 5.97 Å². The Morgan fingerprint density at radius 3 is 2.78 bits per heavy atom. The summed E-state index contributed by atoms with van der Waals surface area (Å²) in [6, 6.07) is 0. The zero-order chi connectivity index (χ0) is 19.7. The lowest BCUT2D eigenvalue weighted by Gasteiger charge is -2.16. The van der Waals surface area contributed by atoms with Gasteiger partial charge in [0.1, 0.15) is 18.3 Å². The van der Waals surface area contributed by atoms with Crippen molar-refractivity contribution in [2.75, 3.05) is 12.3 Å². The summed E-state index contributed by atoms with van der Waals surface area (Å²) in [5.41, 5.74) is 5.01. The molecule has 27 heavy (non-hydrogen) atoms. The summed E-state index contributed by atoms with van der Waals surface area (Å²) < 4.78 is 6.86. The van der Waals surface area contributed by atoms with Crippen LogP contribution in [0.4, 0.5) is 5.95 Å². The van der Waals surface area contributed by atoms with E-state index in [-0.39, 0.29) is 36.5 Å². The van der Waals surface area contributed by atoms with Crippen LogP contribution in [0, 0.1) is 0 Å². The third-order valence-corrected chi connectivity index (χ3v) is 4.13. The van der Waals surface area contributed by atoms with Gasteiger partial charge in [0.2, 0.25) is 11.9 Å². The van der Waals surface area contributed by atoms with Crippen LogP contribution in [-0.4, -0.2) is 71.6 Å². The lowest BCUT2D eigenvalue weighted by Crippen LogP contribution is -2.39. The van der Waals surface area contributed by atoms with E-state index < -0.39 is 42.0 Å². The fourth-order valence-corrected chi connectivity index (χ4v) is 2.78. The second-order valence-electron chi connectivity index (χ2n) is 6.02. The van der Waals surface area contributed by atoms with E-state index in [9.17, 15) is 24.6 Å². The third kappa shape index (κ3) is 3.74. The molecule has 0 aromatic carbocycles. The van der Waals surface area contributed by atoms with Crippen molar-refractivity contribution in [3.05, 3.63) is 16.7 Å². The van der Waals surface area contributed by atoms with Gasteiger partial charge in [-0.25, -0.2) is 4.98 Å². The number of aliphatic carboxylic acids is 1. The number of hydrogen-bond donors (Lipinski definition) is 6. The molecular weight excluding hydrogens is 364 g/mol. The molecule has 7 N–H and O–H groups in total. The highest BCUT2D eigenvalue weighted by Gasteiger charge is 2.44. The summed E-state index contributed by atoms with van der Waals surface area (Å²) in [5, 5.41) is 31.4. The van der Waals surface area contributed by atoms with Gasteiger partial charge in [0.25, 0.3) is 5.56 Å². The van der Waals surface area contributed by atoms with Crippen molar-refractivity contribution >= 4 is 29.0 Å². The quantitative estimate of drug-likeness (QED) is 0.305. The molecule has 0 aliphatic carbocycles. The Morgan fingerprint density at radius 1 is 1.33 bits per heavy atom. The molecule has 3 heterocycles. The monoisotopic (exact) mass is 382 g/mol. The Labute approximate surface area is 150 Å². The number of carboxylic acids is 1. The van der Waals surface area contributed by atoms with Gasteiger partial charge in [0.05, 0.1) is 12.7 Å². The van der Waals surface area contributed by atoms with Crippen molar-refractivity contribution in [2.24, 2.45) is 0 Å². The van der Waals surface area contributed by atoms with Crippen molar-refractivity contribution in [1.82, 2.24) is 24.8 Å². The van der Waals surface area contributed by atoms with E-state index in [4.69, 9.17) is 15.6 Å². The van der Waals surface area contributed by atoms with Crippen LogP contribution in [0.25, 0.3) is 11.2 Å². The molecule has 0 unspecified atom stereocenters.